The van der Waals surface area contributed by atoms with Crippen LogP contribution < -0.4 is 5.32 Å². The van der Waals surface area contributed by atoms with Gasteiger partial charge in [0.25, 0.3) is 0 Å². The van der Waals surface area contributed by atoms with Crippen molar-refractivity contribution in [2.24, 2.45) is 0 Å². The first-order valence-corrected chi connectivity index (χ1v) is 12.0. The molecular formula is C24H29N3O4S. The number of carbonyl (C=O) groups is 1. The molecule has 1 N–H and O–H groups in total. The van der Waals surface area contributed by atoms with Gasteiger partial charge in [-0.25, -0.2) is 8.42 Å². The number of benzene rings is 2. The molecule has 0 saturated carbocycles. The van der Waals surface area contributed by atoms with Crippen LogP contribution in [0.3, 0.4) is 0 Å². The predicted molar refractivity (Wildman–Crippen MR) is 124 cm³/mol. The standard InChI is InChI=1S/C24H29N3O4S/c1-3-27(4-2)32(29,30)23-14-8-12-21(16-23)25-24(28)19-26(18-22-13-9-15-31-22)17-20-10-6-5-7-11-20/h5-16H,3-4,17-19H2,1-2H3,(H,25,28). The predicted octanol–water partition coefficient (Wildman–Crippen LogP) is 3.95. The Morgan fingerprint density at radius 1 is 0.938 bits per heavy atom. The second-order valence-corrected chi connectivity index (χ2v) is 9.31. The topological polar surface area (TPSA) is 82.9 Å². The van der Waals surface area contributed by atoms with Gasteiger partial charge in [0.1, 0.15) is 5.76 Å². The van der Waals surface area contributed by atoms with Crippen molar-refractivity contribution in [1.29, 1.82) is 0 Å². The first kappa shape index (κ1) is 23.7. The first-order chi connectivity index (χ1) is 15.4. The van der Waals surface area contributed by atoms with Gasteiger partial charge in [-0.3, -0.25) is 9.69 Å². The number of sulfonamides is 1. The quantitative estimate of drug-likeness (QED) is 0.473. The highest BCUT2D eigenvalue weighted by atomic mass is 32.2. The van der Waals surface area contributed by atoms with Crippen LogP contribution >= 0.6 is 0 Å². The Morgan fingerprint density at radius 2 is 1.69 bits per heavy atom. The van der Waals surface area contributed by atoms with Crippen molar-refractivity contribution in [2.75, 3.05) is 25.0 Å². The van der Waals surface area contributed by atoms with Crippen LogP contribution in [-0.2, 0) is 27.9 Å². The smallest absolute Gasteiger partial charge is 0.243 e. The number of carbonyl (C=O) groups excluding carboxylic acids is 1. The summed E-state index contributed by atoms with van der Waals surface area (Å²) in [7, 11) is -3.60. The van der Waals surface area contributed by atoms with E-state index in [1.807, 2.05) is 47.4 Å². The molecule has 1 amide bonds. The lowest BCUT2D eigenvalue weighted by Crippen LogP contribution is -2.33. The van der Waals surface area contributed by atoms with Crippen LogP contribution in [0, 0.1) is 0 Å². The molecule has 0 spiro atoms. The van der Waals surface area contributed by atoms with Crippen molar-refractivity contribution in [3.63, 3.8) is 0 Å². The molecule has 0 radical (unpaired) electrons. The molecule has 0 atom stereocenters. The maximum Gasteiger partial charge on any atom is 0.243 e. The van der Waals surface area contributed by atoms with Gasteiger partial charge in [-0.15, -0.1) is 0 Å². The third-order valence-corrected chi connectivity index (χ3v) is 7.08. The molecular weight excluding hydrogens is 426 g/mol. The van der Waals surface area contributed by atoms with Gasteiger partial charge in [0.05, 0.1) is 24.2 Å². The summed E-state index contributed by atoms with van der Waals surface area (Å²) in [5, 5.41) is 2.83. The first-order valence-electron chi connectivity index (χ1n) is 10.6. The van der Waals surface area contributed by atoms with E-state index >= 15 is 0 Å². The number of rotatable bonds is 11. The van der Waals surface area contributed by atoms with Gasteiger partial charge in [0, 0.05) is 25.3 Å². The molecule has 1 aromatic heterocycles. The minimum Gasteiger partial charge on any atom is -0.468 e. The summed E-state index contributed by atoms with van der Waals surface area (Å²) in [6.07, 6.45) is 1.61. The van der Waals surface area contributed by atoms with E-state index in [1.54, 1.807) is 38.3 Å². The summed E-state index contributed by atoms with van der Waals surface area (Å²) >= 11 is 0. The third-order valence-electron chi connectivity index (χ3n) is 5.04. The second kappa shape index (κ2) is 11.1. The van der Waals surface area contributed by atoms with Crippen LogP contribution in [-0.4, -0.2) is 43.2 Å². The number of anilines is 1. The van der Waals surface area contributed by atoms with Crippen LogP contribution in [0.2, 0.25) is 0 Å². The highest BCUT2D eigenvalue weighted by molar-refractivity contribution is 7.89. The summed E-state index contributed by atoms with van der Waals surface area (Å²) in [5.41, 5.74) is 1.53. The average Bonchev–Trinajstić information content (AvgIpc) is 3.28. The molecule has 32 heavy (non-hydrogen) atoms. The molecule has 8 heteroatoms. The van der Waals surface area contributed by atoms with Gasteiger partial charge in [0.15, 0.2) is 0 Å². The van der Waals surface area contributed by atoms with Crippen molar-refractivity contribution in [3.05, 3.63) is 84.3 Å². The molecule has 3 aromatic rings. The van der Waals surface area contributed by atoms with E-state index < -0.39 is 10.0 Å². The van der Waals surface area contributed by atoms with E-state index in [0.717, 1.165) is 11.3 Å². The normalized spacial score (nSPS) is 11.8. The molecule has 0 saturated heterocycles. The molecule has 0 bridgehead atoms. The zero-order chi connectivity index (χ0) is 23.0. The van der Waals surface area contributed by atoms with E-state index in [-0.39, 0.29) is 17.3 Å². The van der Waals surface area contributed by atoms with Crippen molar-refractivity contribution in [1.82, 2.24) is 9.21 Å². The molecule has 0 aliphatic heterocycles. The maximum absolute atomic E-state index is 12.8. The van der Waals surface area contributed by atoms with Crippen molar-refractivity contribution < 1.29 is 17.6 Å². The Bertz CT molecular complexity index is 1100. The molecule has 2 aromatic carbocycles. The van der Waals surface area contributed by atoms with E-state index in [1.165, 1.54) is 10.4 Å². The van der Waals surface area contributed by atoms with Gasteiger partial charge < -0.3 is 9.73 Å². The van der Waals surface area contributed by atoms with E-state index in [9.17, 15) is 13.2 Å². The summed E-state index contributed by atoms with van der Waals surface area (Å²) < 4.78 is 32.4. The zero-order valence-electron chi connectivity index (χ0n) is 18.4. The summed E-state index contributed by atoms with van der Waals surface area (Å²) in [6, 6.07) is 19.9. The number of hydrogen-bond acceptors (Lipinski definition) is 5. The van der Waals surface area contributed by atoms with Crippen molar-refractivity contribution in [3.8, 4) is 0 Å². The molecule has 0 fully saturated rings. The zero-order valence-corrected chi connectivity index (χ0v) is 19.2. The van der Waals surface area contributed by atoms with Crippen LogP contribution in [0.25, 0.3) is 0 Å². The molecule has 1 heterocycles. The Balaban J connectivity index is 1.72. The Hall–Kier alpha value is -2.94. The van der Waals surface area contributed by atoms with Gasteiger partial charge in [-0.1, -0.05) is 50.2 Å². The highest BCUT2D eigenvalue weighted by Gasteiger charge is 2.22. The lowest BCUT2D eigenvalue weighted by Gasteiger charge is -2.21. The van der Waals surface area contributed by atoms with E-state index in [2.05, 4.69) is 5.32 Å². The molecule has 0 aliphatic rings. The Labute approximate surface area is 189 Å². The third kappa shape index (κ3) is 6.29. The van der Waals surface area contributed by atoms with Crippen LogP contribution in [0.15, 0.2) is 82.3 Å². The Morgan fingerprint density at radius 3 is 2.34 bits per heavy atom. The fraction of sp³-hybridized carbons (Fsp3) is 0.292. The number of nitrogens with one attached hydrogen (secondary N) is 1. The second-order valence-electron chi connectivity index (χ2n) is 7.38. The van der Waals surface area contributed by atoms with Crippen LogP contribution in [0.4, 0.5) is 5.69 Å². The molecule has 7 nitrogen and oxygen atoms in total. The van der Waals surface area contributed by atoms with Crippen LogP contribution in [0.1, 0.15) is 25.2 Å². The number of furan rings is 1. The van der Waals surface area contributed by atoms with Crippen molar-refractivity contribution >= 4 is 21.6 Å². The van der Waals surface area contributed by atoms with Gasteiger partial charge in [-0.05, 0) is 35.9 Å². The largest absolute Gasteiger partial charge is 0.468 e. The fourth-order valence-corrected chi connectivity index (χ4v) is 4.99. The fourth-order valence-electron chi connectivity index (χ4n) is 3.48. The molecule has 3 rings (SSSR count). The summed E-state index contributed by atoms with van der Waals surface area (Å²) in [6.45, 7) is 5.55. The summed E-state index contributed by atoms with van der Waals surface area (Å²) in [5.74, 6) is 0.533. The lowest BCUT2D eigenvalue weighted by molar-refractivity contribution is -0.117. The lowest BCUT2D eigenvalue weighted by atomic mass is 10.2. The maximum atomic E-state index is 12.8. The monoisotopic (exact) mass is 455 g/mol. The van der Waals surface area contributed by atoms with Gasteiger partial charge in [-0.2, -0.15) is 4.31 Å². The average molecular weight is 456 g/mol. The van der Waals surface area contributed by atoms with E-state index in [0.29, 0.717) is 31.9 Å². The van der Waals surface area contributed by atoms with Crippen molar-refractivity contribution in [2.45, 2.75) is 31.8 Å². The Kier molecular flexibility index (Phi) is 8.21. The van der Waals surface area contributed by atoms with Gasteiger partial charge >= 0.3 is 0 Å². The van der Waals surface area contributed by atoms with Gasteiger partial charge in [0.2, 0.25) is 15.9 Å². The highest BCUT2D eigenvalue weighted by Crippen LogP contribution is 2.20. The van der Waals surface area contributed by atoms with E-state index in [4.69, 9.17) is 4.42 Å². The number of nitrogens with zero attached hydrogens (tertiary/aromatic N) is 2. The van der Waals surface area contributed by atoms with Crippen LogP contribution in [0.5, 0.6) is 0 Å². The summed E-state index contributed by atoms with van der Waals surface area (Å²) in [4.78, 5) is 14.9. The minimum atomic E-state index is -3.60. The number of amides is 1. The minimum absolute atomic E-state index is 0.128. The molecule has 0 unspecified atom stereocenters. The number of hydrogen-bond donors (Lipinski definition) is 1. The SMILES string of the molecule is CCN(CC)S(=O)(=O)c1cccc(NC(=O)CN(Cc2ccccc2)Cc2ccco2)c1. The molecule has 170 valence electrons. The molecule has 0 aliphatic carbocycles.